The predicted octanol–water partition coefficient (Wildman–Crippen LogP) is 0.673. The number of nitrogens with one attached hydrogen (secondary N) is 1. The molecule has 0 atom stereocenters. The van der Waals surface area contributed by atoms with Gasteiger partial charge >= 0.3 is 0 Å². The highest BCUT2D eigenvalue weighted by molar-refractivity contribution is 5.11. The van der Waals surface area contributed by atoms with Crippen molar-refractivity contribution in [2.45, 2.75) is 24.8 Å². The van der Waals surface area contributed by atoms with Gasteiger partial charge in [-0.3, -0.25) is 0 Å². The maximum Gasteiger partial charge on any atom is 0.0389 e. The van der Waals surface area contributed by atoms with Crippen LogP contribution in [0.2, 0.25) is 0 Å². The molecule has 1 saturated heterocycles. The maximum atomic E-state index is 4.35. The molecular formula is C9H15N2. The van der Waals surface area contributed by atoms with Gasteiger partial charge in [-0.05, 0) is 25.8 Å². The molecule has 1 spiro atoms. The molecular weight excluding hydrogens is 136 g/mol. The lowest BCUT2D eigenvalue weighted by Gasteiger charge is -2.37. The lowest BCUT2D eigenvalue weighted by atomic mass is 9.86. The van der Waals surface area contributed by atoms with E-state index in [0.29, 0.717) is 5.54 Å². The van der Waals surface area contributed by atoms with Crippen molar-refractivity contribution in [2.24, 2.45) is 0 Å². The smallest absolute Gasteiger partial charge is 0.0389 e. The first kappa shape index (κ1) is 7.32. The minimum atomic E-state index is 0.333. The van der Waals surface area contributed by atoms with E-state index in [1.807, 2.05) is 0 Å². The predicted molar refractivity (Wildman–Crippen MR) is 45.6 cm³/mol. The molecule has 2 aliphatic heterocycles. The monoisotopic (exact) mass is 151 g/mol. The largest absolute Gasteiger partial charge is 0.307 e. The average Bonchev–Trinajstić information content (AvgIpc) is 2.07. The Morgan fingerprint density at radius 3 is 2.73 bits per heavy atom. The SMILES string of the molecule is C1=CC2(CC[N]CC2)NCC1. The van der Waals surface area contributed by atoms with E-state index in [4.69, 9.17) is 0 Å². The Bertz CT molecular complexity index is 157. The molecule has 61 valence electrons. The van der Waals surface area contributed by atoms with Gasteiger partial charge < -0.3 is 5.32 Å². The third-order valence-corrected chi connectivity index (χ3v) is 2.66. The van der Waals surface area contributed by atoms with Gasteiger partial charge in [0.1, 0.15) is 0 Å². The Hall–Kier alpha value is -0.340. The molecule has 2 nitrogen and oxygen atoms in total. The van der Waals surface area contributed by atoms with Crippen LogP contribution in [0.4, 0.5) is 0 Å². The fourth-order valence-electron chi connectivity index (χ4n) is 1.91. The first-order valence-electron chi connectivity index (χ1n) is 4.47. The molecule has 0 amide bonds. The zero-order valence-corrected chi connectivity index (χ0v) is 6.84. The van der Waals surface area contributed by atoms with Gasteiger partial charge in [-0.25, -0.2) is 5.32 Å². The van der Waals surface area contributed by atoms with Crippen LogP contribution in [-0.4, -0.2) is 25.2 Å². The van der Waals surface area contributed by atoms with Crippen molar-refractivity contribution in [3.8, 4) is 0 Å². The van der Waals surface area contributed by atoms with Crippen molar-refractivity contribution in [1.82, 2.24) is 10.6 Å². The quantitative estimate of drug-likeness (QED) is 0.506. The van der Waals surface area contributed by atoms with Crippen LogP contribution in [0.3, 0.4) is 0 Å². The summed E-state index contributed by atoms with van der Waals surface area (Å²) in [4.78, 5) is 0. The van der Waals surface area contributed by atoms with Crippen molar-refractivity contribution in [3.63, 3.8) is 0 Å². The van der Waals surface area contributed by atoms with Crippen LogP contribution in [0, 0.1) is 0 Å². The molecule has 0 aromatic heterocycles. The normalized spacial score (nSPS) is 29.1. The zero-order valence-electron chi connectivity index (χ0n) is 6.84. The molecule has 0 aromatic carbocycles. The Morgan fingerprint density at radius 1 is 1.27 bits per heavy atom. The zero-order chi connectivity index (χ0) is 7.57. The molecule has 0 unspecified atom stereocenters. The van der Waals surface area contributed by atoms with Gasteiger partial charge in [0, 0.05) is 18.6 Å². The van der Waals surface area contributed by atoms with E-state index in [9.17, 15) is 0 Å². The second-order valence-corrected chi connectivity index (χ2v) is 3.44. The van der Waals surface area contributed by atoms with Gasteiger partial charge in [0.05, 0.1) is 0 Å². The van der Waals surface area contributed by atoms with Gasteiger partial charge in [0.25, 0.3) is 0 Å². The summed E-state index contributed by atoms with van der Waals surface area (Å²) in [6.07, 6.45) is 8.25. The molecule has 0 aromatic rings. The van der Waals surface area contributed by atoms with Crippen LogP contribution in [-0.2, 0) is 0 Å². The van der Waals surface area contributed by atoms with E-state index < -0.39 is 0 Å². The van der Waals surface area contributed by atoms with Crippen LogP contribution >= 0.6 is 0 Å². The van der Waals surface area contributed by atoms with Crippen molar-refractivity contribution < 1.29 is 0 Å². The van der Waals surface area contributed by atoms with Crippen molar-refractivity contribution in [2.75, 3.05) is 19.6 Å². The lowest BCUT2D eigenvalue weighted by molar-refractivity contribution is 0.293. The molecule has 2 heterocycles. The van der Waals surface area contributed by atoms with Gasteiger partial charge in [-0.15, -0.1) is 0 Å². The topological polar surface area (TPSA) is 26.1 Å². The molecule has 2 heteroatoms. The van der Waals surface area contributed by atoms with Crippen LogP contribution in [0.1, 0.15) is 19.3 Å². The number of piperidine rings is 1. The Morgan fingerprint density at radius 2 is 2.09 bits per heavy atom. The summed E-state index contributed by atoms with van der Waals surface area (Å²) in [5.41, 5.74) is 0.333. The van der Waals surface area contributed by atoms with E-state index in [0.717, 1.165) is 19.6 Å². The Labute approximate surface area is 68.1 Å². The third kappa shape index (κ3) is 1.47. The molecule has 0 bridgehead atoms. The third-order valence-electron chi connectivity index (χ3n) is 2.66. The van der Waals surface area contributed by atoms with Crippen LogP contribution in [0.5, 0.6) is 0 Å². The van der Waals surface area contributed by atoms with E-state index in [-0.39, 0.29) is 0 Å². The second kappa shape index (κ2) is 2.95. The molecule has 1 N–H and O–H groups in total. The summed E-state index contributed by atoms with van der Waals surface area (Å²) in [5, 5.41) is 7.94. The van der Waals surface area contributed by atoms with Crippen LogP contribution < -0.4 is 10.6 Å². The van der Waals surface area contributed by atoms with E-state index >= 15 is 0 Å². The Balaban J connectivity index is 2.06. The van der Waals surface area contributed by atoms with Crippen molar-refractivity contribution in [3.05, 3.63) is 12.2 Å². The van der Waals surface area contributed by atoms with Gasteiger partial charge in [0.2, 0.25) is 0 Å². The first-order valence-corrected chi connectivity index (χ1v) is 4.47. The number of hydrogen-bond donors (Lipinski definition) is 1. The Kier molecular flexibility index (Phi) is 1.96. The van der Waals surface area contributed by atoms with E-state index in [2.05, 4.69) is 22.8 Å². The van der Waals surface area contributed by atoms with Crippen LogP contribution in [0.25, 0.3) is 0 Å². The second-order valence-electron chi connectivity index (χ2n) is 3.44. The van der Waals surface area contributed by atoms with Gasteiger partial charge in [-0.1, -0.05) is 12.2 Å². The minimum absolute atomic E-state index is 0.333. The highest BCUT2D eigenvalue weighted by Crippen LogP contribution is 2.22. The molecule has 1 fully saturated rings. The summed E-state index contributed by atoms with van der Waals surface area (Å²) in [5.74, 6) is 0. The fourth-order valence-corrected chi connectivity index (χ4v) is 1.91. The first-order chi connectivity index (χ1) is 5.41. The number of rotatable bonds is 0. The summed E-state index contributed by atoms with van der Waals surface area (Å²) in [6, 6.07) is 0. The van der Waals surface area contributed by atoms with Crippen LogP contribution in [0.15, 0.2) is 12.2 Å². The molecule has 11 heavy (non-hydrogen) atoms. The van der Waals surface area contributed by atoms with Gasteiger partial charge in [-0.2, -0.15) is 0 Å². The van der Waals surface area contributed by atoms with E-state index in [1.165, 1.54) is 19.3 Å². The van der Waals surface area contributed by atoms with E-state index in [1.54, 1.807) is 0 Å². The minimum Gasteiger partial charge on any atom is -0.307 e. The van der Waals surface area contributed by atoms with Crippen molar-refractivity contribution in [1.29, 1.82) is 0 Å². The molecule has 2 rings (SSSR count). The maximum absolute atomic E-state index is 4.35. The lowest BCUT2D eigenvalue weighted by Crippen LogP contribution is -2.51. The number of nitrogens with zero attached hydrogens (tertiary/aromatic N) is 1. The summed E-state index contributed by atoms with van der Waals surface area (Å²) < 4.78 is 0. The highest BCUT2D eigenvalue weighted by atomic mass is 15.0. The van der Waals surface area contributed by atoms with Crippen molar-refractivity contribution >= 4 is 0 Å². The summed E-state index contributed by atoms with van der Waals surface area (Å²) in [7, 11) is 0. The average molecular weight is 151 g/mol. The fraction of sp³-hybridized carbons (Fsp3) is 0.778. The highest BCUT2D eigenvalue weighted by Gasteiger charge is 2.29. The molecule has 0 saturated carbocycles. The molecule has 0 aliphatic carbocycles. The summed E-state index contributed by atoms with van der Waals surface area (Å²) in [6.45, 7) is 3.23. The summed E-state index contributed by atoms with van der Waals surface area (Å²) >= 11 is 0. The van der Waals surface area contributed by atoms with Gasteiger partial charge in [0.15, 0.2) is 0 Å². The molecule has 2 aliphatic rings. The number of hydrogen-bond acceptors (Lipinski definition) is 1. The molecule has 1 radical (unpaired) electrons. The standard InChI is InChI=1S/C9H15N2/c1-2-6-11-9(3-1)4-7-10-8-5-9/h1,3,11H,2,4-8H2.